The summed E-state index contributed by atoms with van der Waals surface area (Å²) in [5, 5.41) is 13.3. The number of esters is 1. The highest BCUT2D eigenvalue weighted by Crippen LogP contribution is 2.66. The third-order valence-electron chi connectivity index (χ3n) is 9.69. The number of rotatable bonds is 3. The number of carbonyl (C=O) groups is 1. The smallest absolute Gasteiger partial charge is 0.302 e. The van der Waals surface area contributed by atoms with Crippen molar-refractivity contribution < 1.29 is 14.7 Å². The minimum atomic E-state index is -0.154. The number of oxime groups is 1. The molecule has 5 heteroatoms. The van der Waals surface area contributed by atoms with Crippen molar-refractivity contribution in [1.29, 1.82) is 0 Å². The van der Waals surface area contributed by atoms with Gasteiger partial charge in [0, 0.05) is 25.3 Å². The molecule has 8 atom stereocenters. The van der Waals surface area contributed by atoms with E-state index in [4.69, 9.17) is 4.74 Å². The number of nitrogens with zero attached hydrogens (tertiary/aromatic N) is 2. The number of allylic oxidation sites excluding steroid dienone is 1. The molecule has 30 heavy (non-hydrogen) atoms. The largest absolute Gasteiger partial charge is 0.462 e. The molecule has 0 radical (unpaired) electrons. The average Bonchev–Trinajstić information content (AvgIpc) is 3.01. The van der Waals surface area contributed by atoms with Gasteiger partial charge < -0.3 is 14.8 Å². The second kappa shape index (κ2) is 7.65. The van der Waals surface area contributed by atoms with E-state index >= 15 is 0 Å². The van der Waals surface area contributed by atoms with Crippen LogP contribution in [0.4, 0.5) is 0 Å². The van der Waals surface area contributed by atoms with Crippen molar-refractivity contribution in [3.05, 3.63) is 11.6 Å². The Bertz CT molecular complexity index is 759. The molecule has 1 N–H and O–H groups in total. The van der Waals surface area contributed by atoms with Gasteiger partial charge >= 0.3 is 5.97 Å². The van der Waals surface area contributed by atoms with Crippen molar-refractivity contribution in [1.82, 2.24) is 4.90 Å². The SMILES string of the molecule is CC(=O)OC1CCC2(C)C(=CCC3C2CCC2(C)C3CC(N(C)C)C2/C(C)=N\O)C1. The van der Waals surface area contributed by atoms with E-state index < -0.39 is 0 Å². The zero-order chi connectivity index (χ0) is 21.8. The van der Waals surface area contributed by atoms with Crippen LogP contribution in [-0.2, 0) is 9.53 Å². The maximum atomic E-state index is 11.5. The van der Waals surface area contributed by atoms with Crippen LogP contribution in [0.5, 0.6) is 0 Å². The van der Waals surface area contributed by atoms with Gasteiger partial charge in [-0.05, 0) is 88.1 Å². The summed E-state index contributed by atoms with van der Waals surface area (Å²) in [5.41, 5.74) is 2.88. The molecule has 0 aromatic heterocycles. The summed E-state index contributed by atoms with van der Waals surface area (Å²) in [5.74, 6) is 2.23. The third kappa shape index (κ3) is 3.23. The first-order chi connectivity index (χ1) is 14.1. The maximum Gasteiger partial charge on any atom is 0.302 e. The molecule has 8 unspecified atom stereocenters. The van der Waals surface area contributed by atoms with Crippen molar-refractivity contribution in [2.24, 2.45) is 39.7 Å². The molecular formula is C25H40N2O3. The van der Waals surface area contributed by atoms with E-state index in [1.165, 1.54) is 31.8 Å². The van der Waals surface area contributed by atoms with Gasteiger partial charge in [0.25, 0.3) is 0 Å². The van der Waals surface area contributed by atoms with Crippen molar-refractivity contribution in [3.63, 3.8) is 0 Å². The lowest BCUT2D eigenvalue weighted by atomic mass is 9.47. The monoisotopic (exact) mass is 416 g/mol. The van der Waals surface area contributed by atoms with E-state index in [9.17, 15) is 10.0 Å². The number of fused-ring (bicyclic) bond motifs is 5. The van der Waals surface area contributed by atoms with Crippen molar-refractivity contribution in [2.75, 3.05) is 14.1 Å². The Kier molecular flexibility index (Phi) is 5.57. The lowest BCUT2D eigenvalue weighted by Crippen LogP contribution is -2.51. The Morgan fingerprint density at radius 1 is 1.20 bits per heavy atom. The van der Waals surface area contributed by atoms with Crippen LogP contribution in [0.15, 0.2) is 16.8 Å². The molecule has 4 aliphatic carbocycles. The molecule has 0 amide bonds. The van der Waals surface area contributed by atoms with Gasteiger partial charge in [-0.2, -0.15) is 0 Å². The molecular weight excluding hydrogens is 376 g/mol. The molecule has 5 nitrogen and oxygen atoms in total. The topological polar surface area (TPSA) is 62.1 Å². The fourth-order valence-corrected chi connectivity index (χ4v) is 8.30. The quantitative estimate of drug-likeness (QED) is 0.234. The molecule has 0 heterocycles. The first kappa shape index (κ1) is 21.9. The summed E-state index contributed by atoms with van der Waals surface area (Å²) < 4.78 is 5.58. The molecule has 0 aromatic rings. The Hall–Kier alpha value is -1.36. The summed E-state index contributed by atoms with van der Waals surface area (Å²) in [6, 6.07) is 0.438. The normalized spacial score (nSPS) is 46.0. The van der Waals surface area contributed by atoms with Crippen LogP contribution in [0.3, 0.4) is 0 Å². The van der Waals surface area contributed by atoms with Crippen LogP contribution in [0.2, 0.25) is 0 Å². The molecule has 0 saturated heterocycles. The Morgan fingerprint density at radius 2 is 1.93 bits per heavy atom. The lowest BCUT2D eigenvalue weighted by Gasteiger charge is -2.58. The minimum absolute atomic E-state index is 0.0598. The van der Waals surface area contributed by atoms with Gasteiger partial charge in [0.15, 0.2) is 0 Å². The predicted octanol–water partition coefficient (Wildman–Crippen LogP) is 4.89. The highest BCUT2D eigenvalue weighted by atomic mass is 16.5. The van der Waals surface area contributed by atoms with Crippen LogP contribution < -0.4 is 0 Å². The van der Waals surface area contributed by atoms with Crippen LogP contribution in [-0.4, -0.2) is 48.0 Å². The van der Waals surface area contributed by atoms with Gasteiger partial charge in [0.2, 0.25) is 0 Å². The first-order valence-corrected chi connectivity index (χ1v) is 11.8. The molecule has 0 aliphatic heterocycles. The fraction of sp³-hybridized carbons (Fsp3) is 0.840. The number of ether oxygens (including phenoxy) is 1. The van der Waals surface area contributed by atoms with Crippen LogP contribution in [0.25, 0.3) is 0 Å². The van der Waals surface area contributed by atoms with E-state index in [0.29, 0.717) is 29.7 Å². The zero-order valence-electron chi connectivity index (χ0n) is 19.6. The Morgan fingerprint density at radius 3 is 2.57 bits per heavy atom. The standard InChI is InChI=1S/C25H40N2O3/c1-15(26-29)23-22(27(5)6)14-21-19-8-7-17-13-18(30-16(2)28)9-11-24(17,3)20(19)10-12-25(21,23)4/h7,18-23,29H,8-14H2,1-6H3/b26-15-. The second-order valence-electron chi connectivity index (χ2n) is 11.3. The van der Waals surface area contributed by atoms with E-state index in [-0.39, 0.29) is 22.9 Å². The van der Waals surface area contributed by atoms with Gasteiger partial charge in [-0.1, -0.05) is 30.7 Å². The highest BCUT2D eigenvalue weighted by molar-refractivity contribution is 5.85. The number of hydrogen-bond donors (Lipinski definition) is 1. The third-order valence-corrected chi connectivity index (χ3v) is 9.69. The lowest BCUT2D eigenvalue weighted by molar-refractivity contribution is -0.148. The molecule has 3 fully saturated rings. The zero-order valence-corrected chi connectivity index (χ0v) is 19.6. The van der Waals surface area contributed by atoms with Crippen LogP contribution in [0.1, 0.15) is 72.6 Å². The molecule has 0 spiro atoms. The fourth-order valence-electron chi connectivity index (χ4n) is 8.30. The summed E-state index contributed by atoms with van der Waals surface area (Å²) in [4.78, 5) is 13.8. The number of carbonyl (C=O) groups excluding carboxylic acids is 1. The Labute approximate surface area is 181 Å². The molecule has 4 aliphatic rings. The van der Waals surface area contributed by atoms with Crippen molar-refractivity contribution in [3.8, 4) is 0 Å². The number of hydrogen-bond acceptors (Lipinski definition) is 5. The van der Waals surface area contributed by atoms with E-state index in [0.717, 1.165) is 31.4 Å². The molecule has 3 saturated carbocycles. The Balaban J connectivity index is 1.63. The summed E-state index contributed by atoms with van der Waals surface area (Å²) in [6.45, 7) is 8.49. The van der Waals surface area contributed by atoms with Crippen LogP contribution >= 0.6 is 0 Å². The minimum Gasteiger partial charge on any atom is -0.462 e. The van der Waals surface area contributed by atoms with Gasteiger partial charge in [-0.25, -0.2) is 0 Å². The second-order valence-corrected chi connectivity index (χ2v) is 11.3. The summed E-state index contributed by atoms with van der Waals surface area (Å²) in [6.07, 6.45) is 10.4. The van der Waals surface area contributed by atoms with Gasteiger partial charge in [-0.15, -0.1) is 0 Å². The van der Waals surface area contributed by atoms with Gasteiger partial charge in [0.05, 0.1) is 5.71 Å². The maximum absolute atomic E-state index is 11.5. The summed E-state index contributed by atoms with van der Waals surface area (Å²) in [7, 11) is 4.36. The van der Waals surface area contributed by atoms with Crippen molar-refractivity contribution >= 4 is 11.7 Å². The van der Waals surface area contributed by atoms with Gasteiger partial charge in [0.1, 0.15) is 6.10 Å². The molecule has 4 rings (SSSR count). The highest BCUT2D eigenvalue weighted by Gasteiger charge is 2.62. The van der Waals surface area contributed by atoms with E-state index in [2.05, 4.69) is 44.1 Å². The van der Waals surface area contributed by atoms with E-state index in [1.54, 1.807) is 0 Å². The molecule has 168 valence electrons. The molecule has 0 aromatic carbocycles. The summed E-state index contributed by atoms with van der Waals surface area (Å²) >= 11 is 0. The first-order valence-electron chi connectivity index (χ1n) is 11.8. The molecule has 0 bridgehead atoms. The van der Waals surface area contributed by atoms with Crippen LogP contribution in [0, 0.1) is 34.5 Å². The van der Waals surface area contributed by atoms with Crippen molar-refractivity contribution in [2.45, 2.75) is 84.8 Å². The average molecular weight is 417 g/mol. The predicted molar refractivity (Wildman–Crippen MR) is 119 cm³/mol. The van der Waals surface area contributed by atoms with Gasteiger partial charge in [-0.3, -0.25) is 4.79 Å². The van der Waals surface area contributed by atoms with E-state index in [1.807, 2.05) is 6.92 Å².